The van der Waals surface area contributed by atoms with Crippen LogP contribution < -0.4 is 14.8 Å². The molecule has 7 heteroatoms. The van der Waals surface area contributed by atoms with Gasteiger partial charge in [0, 0.05) is 6.54 Å². The topological polar surface area (TPSA) is 65.4 Å². The summed E-state index contributed by atoms with van der Waals surface area (Å²) >= 11 is 0. The van der Waals surface area contributed by atoms with Gasteiger partial charge in [-0.15, -0.1) is 0 Å². The van der Waals surface area contributed by atoms with Crippen LogP contribution in [0.4, 0.5) is 4.39 Å². The minimum absolute atomic E-state index is 0.127. The molecule has 0 aliphatic rings. The second-order valence-electron chi connectivity index (χ2n) is 7.19. The van der Waals surface area contributed by atoms with E-state index < -0.39 is 5.82 Å². The zero-order valence-corrected chi connectivity index (χ0v) is 17.5. The first-order valence-electron chi connectivity index (χ1n) is 10.5. The van der Waals surface area contributed by atoms with Crippen molar-refractivity contribution >= 4 is 16.9 Å². The summed E-state index contributed by atoms with van der Waals surface area (Å²) in [5, 5.41) is 2.89. The number of carbonyl (C=O) groups excluding carboxylic acids is 1. The maximum absolute atomic E-state index is 13.6. The van der Waals surface area contributed by atoms with Crippen LogP contribution in [0, 0.1) is 5.82 Å². The minimum Gasteiger partial charge on any atom is -0.490 e. The van der Waals surface area contributed by atoms with Crippen LogP contribution in [0.15, 0.2) is 78.9 Å². The van der Waals surface area contributed by atoms with Crippen LogP contribution in [0.3, 0.4) is 0 Å². The van der Waals surface area contributed by atoms with E-state index in [0.29, 0.717) is 25.4 Å². The lowest BCUT2D eigenvalue weighted by Crippen LogP contribution is -2.30. The maximum Gasteiger partial charge on any atom is 0.240 e. The summed E-state index contributed by atoms with van der Waals surface area (Å²) in [6.45, 7) is 1.12. The number of rotatable bonds is 10. The lowest BCUT2D eigenvalue weighted by Gasteiger charge is -2.11. The summed E-state index contributed by atoms with van der Waals surface area (Å²) in [4.78, 5) is 17.2. The summed E-state index contributed by atoms with van der Waals surface area (Å²) in [6.07, 6.45) is 0.564. The Morgan fingerprint density at radius 3 is 2.53 bits per heavy atom. The minimum atomic E-state index is -0.395. The van der Waals surface area contributed by atoms with Crippen molar-refractivity contribution in [2.75, 3.05) is 13.2 Å². The Hall–Kier alpha value is -3.87. The zero-order chi connectivity index (χ0) is 22.2. The van der Waals surface area contributed by atoms with Gasteiger partial charge in [-0.25, -0.2) is 9.37 Å². The molecule has 164 valence electrons. The van der Waals surface area contributed by atoms with Crippen LogP contribution in [0.1, 0.15) is 12.2 Å². The Kier molecular flexibility index (Phi) is 6.97. The maximum atomic E-state index is 13.6. The van der Waals surface area contributed by atoms with E-state index in [4.69, 9.17) is 9.47 Å². The van der Waals surface area contributed by atoms with Gasteiger partial charge in [-0.2, -0.15) is 0 Å². The van der Waals surface area contributed by atoms with Gasteiger partial charge in [0.25, 0.3) is 0 Å². The third kappa shape index (κ3) is 5.43. The molecule has 0 unspecified atom stereocenters. The molecular weight excluding hydrogens is 409 g/mol. The highest BCUT2D eigenvalue weighted by molar-refractivity contribution is 5.81. The molecule has 0 saturated carbocycles. The number of fused-ring (bicyclic) bond motifs is 1. The predicted molar refractivity (Wildman–Crippen MR) is 120 cm³/mol. The van der Waals surface area contributed by atoms with Crippen LogP contribution in [0.25, 0.3) is 11.0 Å². The normalized spacial score (nSPS) is 10.8. The third-order valence-corrected chi connectivity index (χ3v) is 4.88. The summed E-state index contributed by atoms with van der Waals surface area (Å²) in [5.74, 6) is 1.10. The van der Waals surface area contributed by atoms with Crippen molar-refractivity contribution < 1.29 is 18.7 Å². The second-order valence-corrected chi connectivity index (χ2v) is 7.19. The molecule has 1 aromatic heterocycles. The highest BCUT2D eigenvalue weighted by Crippen LogP contribution is 2.18. The van der Waals surface area contributed by atoms with Gasteiger partial charge in [-0.1, -0.05) is 42.5 Å². The summed E-state index contributed by atoms with van der Waals surface area (Å²) in [6, 6.07) is 23.4. The van der Waals surface area contributed by atoms with Gasteiger partial charge >= 0.3 is 0 Å². The fourth-order valence-electron chi connectivity index (χ4n) is 3.32. The molecule has 0 aliphatic heterocycles. The Morgan fingerprint density at radius 1 is 0.938 bits per heavy atom. The molecule has 1 amide bonds. The van der Waals surface area contributed by atoms with Gasteiger partial charge in [-0.05, 0) is 42.8 Å². The van der Waals surface area contributed by atoms with Crippen molar-refractivity contribution in [2.24, 2.45) is 0 Å². The van der Waals surface area contributed by atoms with E-state index in [0.717, 1.165) is 16.8 Å². The van der Waals surface area contributed by atoms with E-state index in [1.165, 1.54) is 6.07 Å². The number of benzene rings is 3. The lowest BCUT2D eigenvalue weighted by atomic mass is 10.3. The quantitative estimate of drug-likeness (QED) is 0.378. The van der Waals surface area contributed by atoms with E-state index in [9.17, 15) is 9.18 Å². The number of para-hydroxylation sites is 4. The molecule has 0 saturated heterocycles. The molecule has 4 rings (SSSR count). The second kappa shape index (κ2) is 10.4. The summed E-state index contributed by atoms with van der Waals surface area (Å²) in [7, 11) is 0. The number of imidazole rings is 1. The molecule has 1 heterocycles. The largest absolute Gasteiger partial charge is 0.490 e. The molecule has 3 aromatic carbocycles. The predicted octanol–water partition coefficient (Wildman–Crippen LogP) is 4.34. The van der Waals surface area contributed by atoms with E-state index in [1.54, 1.807) is 18.2 Å². The summed E-state index contributed by atoms with van der Waals surface area (Å²) < 4.78 is 26.7. The molecule has 0 atom stereocenters. The van der Waals surface area contributed by atoms with Crippen molar-refractivity contribution in [1.29, 1.82) is 0 Å². The number of nitrogens with one attached hydrogen (secondary N) is 1. The standard InChI is InChI=1S/C25H24FN3O3/c26-20-11-4-7-14-23(20)31-16-8-15-27-25(30)17-29-22-13-6-5-12-21(22)28-24(29)18-32-19-9-2-1-3-10-19/h1-7,9-14H,8,15-18H2,(H,27,30). The van der Waals surface area contributed by atoms with Crippen molar-refractivity contribution in [3.05, 3.63) is 90.5 Å². The average molecular weight is 433 g/mol. The first-order valence-corrected chi connectivity index (χ1v) is 10.5. The first kappa shape index (κ1) is 21.4. The van der Waals surface area contributed by atoms with Crippen LogP contribution in [0.2, 0.25) is 0 Å². The molecule has 0 spiro atoms. The molecule has 6 nitrogen and oxygen atoms in total. The van der Waals surface area contributed by atoms with E-state index >= 15 is 0 Å². The van der Waals surface area contributed by atoms with Crippen molar-refractivity contribution in [1.82, 2.24) is 14.9 Å². The Bertz CT molecular complexity index is 1180. The molecule has 32 heavy (non-hydrogen) atoms. The highest BCUT2D eigenvalue weighted by atomic mass is 19.1. The number of amides is 1. The SMILES string of the molecule is O=C(Cn1c(COc2ccccc2)nc2ccccc21)NCCCOc1ccccc1F. The van der Waals surface area contributed by atoms with E-state index in [1.807, 2.05) is 59.2 Å². The number of hydrogen-bond acceptors (Lipinski definition) is 4. The van der Waals surface area contributed by atoms with Crippen LogP contribution in [0.5, 0.6) is 11.5 Å². The number of aromatic nitrogens is 2. The van der Waals surface area contributed by atoms with Gasteiger partial charge in [-0.3, -0.25) is 4.79 Å². The van der Waals surface area contributed by atoms with Crippen LogP contribution in [-0.2, 0) is 17.9 Å². The van der Waals surface area contributed by atoms with Crippen molar-refractivity contribution in [3.8, 4) is 11.5 Å². The molecule has 4 aromatic rings. The number of nitrogens with zero attached hydrogens (tertiary/aromatic N) is 2. The fourth-order valence-corrected chi connectivity index (χ4v) is 3.32. The fraction of sp³-hybridized carbons (Fsp3) is 0.200. The Morgan fingerprint density at radius 2 is 1.69 bits per heavy atom. The smallest absolute Gasteiger partial charge is 0.240 e. The number of ether oxygens (including phenoxy) is 2. The number of halogens is 1. The van der Waals surface area contributed by atoms with Crippen LogP contribution in [-0.4, -0.2) is 28.6 Å². The third-order valence-electron chi connectivity index (χ3n) is 4.88. The van der Waals surface area contributed by atoms with Gasteiger partial charge in [0.05, 0.1) is 17.6 Å². The van der Waals surface area contributed by atoms with Crippen molar-refractivity contribution in [2.45, 2.75) is 19.6 Å². The molecule has 0 fully saturated rings. The molecule has 1 N–H and O–H groups in total. The van der Waals surface area contributed by atoms with Gasteiger partial charge < -0.3 is 19.4 Å². The van der Waals surface area contributed by atoms with Crippen LogP contribution >= 0.6 is 0 Å². The average Bonchev–Trinajstić information content (AvgIpc) is 3.16. The Balaban J connectivity index is 1.33. The van der Waals surface area contributed by atoms with Gasteiger partial charge in [0.2, 0.25) is 5.91 Å². The molecule has 0 aliphatic carbocycles. The monoisotopic (exact) mass is 433 g/mol. The molecule has 0 bridgehead atoms. The van der Waals surface area contributed by atoms with Gasteiger partial charge in [0.15, 0.2) is 11.6 Å². The van der Waals surface area contributed by atoms with E-state index in [-0.39, 0.29) is 24.8 Å². The highest BCUT2D eigenvalue weighted by Gasteiger charge is 2.14. The molecule has 0 radical (unpaired) electrons. The Labute approximate surface area is 185 Å². The van der Waals surface area contributed by atoms with E-state index in [2.05, 4.69) is 10.3 Å². The van der Waals surface area contributed by atoms with Gasteiger partial charge in [0.1, 0.15) is 24.7 Å². The molecular formula is C25H24FN3O3. The lowest BCUT2D eigenvalue weighted by molar-refractivity contribution is -0.121. The zero-order valence-electron chi connectivity index (χ0n) is 17.5. The first-order chi connectivity index (χ1) is 15.7. The van der Waals surface area contributed by atoms with Crippen molar-refractivity contribution in [3.63, 3.8) is 0 Å². The number of carbonyl (C=O) groups is 1. The summed E-state index contributed by atoms with van der Waals surface area (Å²) in [5.41, 5.74) is 1.68. The number of hydrogen-bond donors (Lipinski definition) is 1.